The molecule has 5 rings (SSSR count). The predicted octanol–water partition coefficient (Wildman–Crippen LogP) is 5.23. The van der Waals surface area contributed by atoms with E-state index in [2.05, 4.69) is 35.1 Å². The van der Waals surface area contributed by atoms with Crippen molar-refractivity contribution in [2.24, 2.45) is 0 Å². The van der Waals surface area contributed by atoms with Crippen LogP contribution < -0.4 is 25.2 Å². The first-order valence-electron chi connectivity index (χ1n) is 15.1. The standard InChI is InChI=1S/C30H40N8O4S/c1-2-3-10-27(40)31-22-11-14-24(15-12-22)43(41,42)36-25-16-13-23(21-26(25)39)32-28-33-29(37-17-6-4-7-18-37)35-30(34-28)38-19-8-5-9-20-38/h11-16,21,36,39H,2-10,17-20H2,1H3,(H,31,40)(H,32,33,34,35). The van der Waals surface area contributed by atoms with E-state index in [0.29, 0.717) is 35.6 Å². The fraction of sp³-hybridized carbons (Fsp3) is 0.467. The normalized spacial score (nSPS) is 15.7. The summed E-state index contributed by atoms with van der Waals surface area (Å²) >= 11 is 0. The minimum atomic E-state index is -3.99. The number of anilines is 6. The van der Waals surface area contributed by atoms with Crippen LogP contribution in [0, 0.1) is 0 Å². The highest BCUT2D eigenvalue weighted by molar-refractivity contribution is 7.92. The van der Waals surface area contributed by atoms with Gasteiger partial charge in [0.25, 0.3) is 10.0 Å². The number of unbranched alkanes of at least 4 members (excludes halogenated alkanes) is 1. The first-order valence-corrected chi connectivity index (χ1v) is 16.6. The van der Waals surface area contributed by atoms with Crippen LogP contribution in [0.15, 0.2) is 47.4 Å². The van der Waals surface area contributed by atoms with Crippen LogP contribution in [-0.2, 0) is 14.8 Å². The van der Waals surface area contributed by atoms with Crippen molar-refractivity contribution in [3.05, 3.63) is 42.5 Å². The molecule has 0 spiro atoms. The lowest BCUT2D eigenvalue weighted by molar-refractivity contribution is -0.116. The minimum Gasteiger partial charge on any atom is -0.506 e. The van der Waals surface area contributed by atoms with Crippen molar-refractivity contribution in [2.75, 3.05) is 51.3 Å². The van der Waals surface area contributed by atoms with Gasteiger partial charge < -0.3 is 25.5 Å². The van der Waals surface area contributed by atoms with E-state index in [9.17, 15) is 18.3 Å². The highest BCUT2D eigenvalue weighted by atomic mass is 32.2. The third-order valence-corrected chi connectivity index (χ3v) is 8.97. The van der Waals surface area contributed by atoms with Crippen LogP contribution in [0.5, 0.6) is 5.75 Å². The molecule has 12 nitrogen and oxygen atoms in total. The molecule has 0 bridgehead atoms. The molecule has 0 atom stereocenters. The second-order valence-corrected chi connectivity index (χ2v) is 12.7. The Hall–Kier alpha value is -4.13. The smallest absolute Gasteiger partial charge is 0.262 e. The Bertz CT molecular complexity index is 1470. The topological polar surface area (TPSA) is 153 Å². The number of piperidine rings is 2. The van der Waals surface area contributed by atoms with Crippen LogP contribution in [0.2, 0.25) is 0 Å². The van der Waals surface area contributed by atoms with Gasteiger partial charge in [-0.1, -0.05) is 13.3 Å². The van der Waals surface area contributed by atoms with E-state index in [1.807, 2.05) is 6.92 Å². The molecule has 43 heavy (non-hydrogen) atoms. The van der Waals surface area contributed by atoms with Gasteiger partial charge in [0, 0.05) is 50.0 Å². The fourth-order valence-corrected chi connectivity index (χ4v) is 6.26. The number of amides is 1. The van der Waals surface area contributed by atoms with Crippen LogP contribution in [0.1, 0.15) is 64.7 Å². The molecule has 2 aromatic carbocycles. The summed E-state index contributed by atoms with van der Waals surface area (Å²) in [5.41, 5.74) is 1.05. The molecule has 0 aliphatic carbocycles. The van der Waals surface area contributed by atoms with Crippen molar-refractivity contribution >= 4 is 50.8 Å². The number of sulfonamides is 1. The Morgan fingerprint density at radius 2 is 1.42 bits per heavy atom. The molecular formula is C30H40N8O4S. The number of aromatic hydroxyl groups is 1. The van der Waals surface area contributed by atoms with Crippen molar-refractivity contribution in [3.63, 3.8) is 0 Å². The SMILES string of the molecule is CCCCC(=O)Nc1ccc(S(=O)(=O)Nc2ccc(Nc3nc(N4CCCCC4)nc(N4CCCCC4)n3)cc2O)cc1. The average Bonchev–Trinajstić information content (AvgIpc) is 3.02. The highest BCUT2D eigenvalue weighted by Gasteiger charge is 2.21. The van der Waals surface area contributed by atoms with Crippen molar-refractivity contribution in [3.8, 4) is 5.75 Å². The van der Waals surface area contributed by atoms with Gasteiger partial charge in [0.1, 0.15) is 5.75 Å². The summed E-state index contributed by atoms with van der Waals surface area (Å²) in [7, 11) is -3.99. The van der Waals surface area contributed by atoms with Gasteiger partial charge in [0.05, 0.1) is 10.6 Å². The molecule has 230 valence electrons. The van der Waals surface area contributed by atoms with Gasteiger partial charge in [-0.05, 0) is 81.3 Å². The van der Waals surface area contributed by atoms with Gasteiger partial charge in [-0.15, -0.1) is 0 Å². The summed E-state index contributed by atoms with van der Waals surface area (Å²) in [6.07, 6.45) is 8.89. The summed E-state index contributed by atoms with van der Waals surface area (Å²) in [5.74, 6) is 1.27. The zero-order valence-electron chi connectivity index (χ0n) is 24.6. The van der Waals surface area contributed by atoms with Crippen LogP contribution in [-0.4, -0.2) is 60.6 Å². The minimum absolute atomic E-state index is 0.00123. The lowest BCUT2D eigenvalue weighted by Crippen LogP contribution is -2.34. The molecular weight excluding hydrogens is 568 g/mol. The quantitative estimate of drug-likeness (QED) is 0.213. The molecule has 0 saturated carbocycles. The maximum absolute atomic E-state index is 13.0. The molecule has 2 fully saturated rings. The van der Waals surface area contributed by atoms with Crippen LogP contribution in [0.4, 0.5) is 34.9 Å². The number of phenols is 1. The van der Waals surface area contributed by atoms with Crippen LogP contribution in [0.25, 0.3) is 0 Å². The van der Waals surface area contributed by atoms with E-state index in [4.69, 9.17) is 4.98 Å². The summed E-state index contributed by atoms with van der Waals surface area (Å²) in [6.45, 7) is 5.60. The Morgan fingerprint density at radius 1 is 0.837 bits per heavy atom. The Labute approximate surface area is 253 Å². The number of hydrogen-bond donors (Lipinski definition) is 4. The summed E-state index contributed by atoms with van der Waals surface area (Å²) in [4.78, 5) is 30.5. The van der Waals surface area contributed by atoms with E-state index in [-0.39, 0.29) is 22.2 Å². The van der Waals surface area contributed by atoms with E-state index < -0.39 is 10.0 Å². The predicted molar refractivity (Wildman–Crippen MR) is 169 cm³/mol. The second-order valence-electron chi connectivity index (χ2n) is 11.0. The van der Waals surface area contributed by atoms with E-state index in [1.54, 1.807) is 6.07 Å². The lowest BCUT2D eigenvalue weighted by atomic mass is 10.1. The molecule has 3 aromatic rings. The van der Waals surface area contributed by atoms with Gasteiger partial charge in [-0.25, -0.2) is 8.42 Å². The molecule has 0 unspecified atom stereocenters. The number of phenolic OH excluding ortho intramolecular Hbond substituents is 1. The van der Waals surface area contributed by atoms with Gasteiger partial charge in [0.2, 0.25) is 23.8 Å². The van der Waals surface area contributed by atoms with Crippen molar-refractivity contribution in [1.29, 1.82) is 0 Å². The molecule has 2 aliphatic heterocycles. The first kappa shape index (κ1) is 30.3. The highest BCUT2D eigenvalue weighted by Crippen LogP contribution is 2.31. The fourth-order valence-electron chi connectivity index (χ4n) is 5.19. The number of rotatable bonds is 11. The number of hydrogen-bond acceptors (Lipinski definition) is 10. The molecule has 13 heteroatoms. The average molecular weight is 609 g/mol. The molecule has 2 saturated heterocycles. The molecule has 2 aliphatic rings. The number of benzene rings is 2. The Kier molecular flexibility index (Phi) is 9.80. The van der Waals surface area contributed by atoms with Gasteiger partial charge >= 0.3 is 0 Å². The lowest BCUT2D eigenvalue weighted by Gasteiger charge is -2.30. The number of nitrogens with zero attached hydrogens (tertiary/aromatic N) is 5. The third kappa shape index (κ3) is 8.04. The number of carbonyl (C=O) groups excluding carboxylic acids is 1. The summed E-state index contributed by atoms with van der Waals surface area (Å²) in [5, 5.41) is 16.7. The zero-order chi connectivity index (χ0) is 30.2. The van der Waals surface area contributed by atoms with E-state index in [1.165, 1.54) is 49.2 Å². The maximum Gasteiger partial charge on any atom is 0.262 e. The maximum atomic E-state index is 13.0. The second kappa shape index (κ2) is 13.9. The molecule has 1 aromatic heterocycles. The van der Waals surface area contributed by atoms with Crippen LogP contribution >= 0.6 is 0 Å². The number of carbonyl (C=O) groups is 1. The first-order chi connectivity index (χ1) is 20.8. The van der Waals surface area contributed by atoms with Crippen LogP contribution in [0.3, 0.4) is 0 Å². The Morgan fingerprint density at radius 3 is 1.98 bits per heavy atom. The van der Waals surface area contributed by atoms with Crippen molar-refractivity contribution in [2.45, 2.75) is 69.6 Å². The Balaban J connectivity index is 1.29. The van der Waals surface area contributed by atoms with Gasteiger partial charge in [-0.3, -0.25) is 9.52 Å². The van der Waals surface area contributed by atoms with Crippen molar-refractivity contribution < 1.29 is 18.3 Å². The number of aromatic nitrogens is 3. The van der Waals surface area contributed by atoms with Gasteiger partial charge in [0.15, 0.2) is 0 Å². The molecule has 0 radical (unpaired) electrons. The largest absolute Gasteiger partial charge is 0.506 e. The van der Waals surface area contributed by atoms with E-state index in [0.717, 1.165) is 64.7 Å². The van der Waals surface area contributed by atoms with E-state index >= 15 is 0 Å². The number of nitrogens with one attached hydrogen (secondary N) is 3. The monoisotopic (exact) mass is 608 g/mol. The summed E-state index contributed by atoms with van der Waals surface area (Å²) < 4.78 is 28.5. The van der Waals surface area contributed by atoms with Crippen molar-refractivity contribution in [1.82, 2.24) is 15.0 Å². The molecule has 4 N–H and O–H groups in total. The molecule has 1 amide bonds. The zero-order valence-corrected chi connectivity index (χ0v) is 25.4. The third-order valence-electron chi connectivity index (χ3n) is 7.59. The molecule has 3 heterocycles. The summed E-state index contributed by atoms with van der Waals surface area (Å²) in [6, 6.07) is 10.5. The van der Waals surface area contributed by atoms with Gasteiger partial charge in [-0.2, -0.15) is 15.0 Å².